The second-order valence-electron chi connectivity index (χ2n) is 3.46. The summed E-state index contributed by atoms with van der Waals surface area (Å²) in [5.74, 6) is 0.553. The Labute approximate surface area is 88.2 Å². The van der Waals surface area contributed by atoms with Gasteiger partial charge in [0, 0.05) is 6.92 Å². The first kappa shape index (κ1) is 9.98. The number of ether oxygens (including phenoxy) is 2. The highest BCUT2D eigenvalue weighted by molar-refractivity contribution is 5.90. The zero-order valence-corrected chi connectivity index (χ0v) is 8.74. The van der Waals surface area contributed by atoms with Crippen molar-refractivity contribution in [3.63, 3.8) is 0 Å². The summed E-state index contributed by atoms with van der Waals surface area (Å²) in [5.41, 5.74) is 1.76. The van der Waals surface area contributed by atoms with Crippen LogP contribution in [0, 0.1) is 0 Å². The summed E-state index contributed by atoms with van der Waals surface area (Å²) < 4.78 is 10.3. The number of rotatable bonds is 3. The fraction of sp³-hybridized carbons (Fsp3) is 0.364. The first-order valence-corrected chi connectivity index (χ1v) is 4.78. The SMILES string of the molecule is COc1ccc(C2CO2)cc1NC(C)=O. The van der Waals surface area contributed by atoms with Gasteiger partial charge in [-0.2, -0.15) is 0 Å². The standard InChI is InChI=1S/C11H13NO3/c1-7(13)12-9-5-8(11-6-15-11)3-4-10(9)14-2/h3-5,11H,6H2,1-2H3,(H,12,13). The number of carbonyl (C=O) groups is 1. The van der Waals surface area contributed by atoms with Gasteiger partial charge < -0.3 is 14.8 Å². The van der Waals surface area contributed by atoms with Gasteiger partial charge in [-0.1, -0.05) is 6.07 Å². The van der Waals surface area contributed by atoms with Crippen molar-refractivity contribution in [2.75, 3.05) is 19.0 Å². The number of hydrogen-bond donors (Lipinski definition) is 1. The van der Waals surface area contributed by atoms with Crippen molar-refractivity contribution in [3.05, 3.63) is 23.8 Å². The van der Waals surface area contributed by atoms with Gasteiger partial charge in [0.2, 0.25) is 5.91 Å². The van der Waals surface area contributed by atoms with Crippen molar-refractivity contribution in [3.8, 4) is 5.75 Å². The van der Waals surface area contributed by atoms with Crippen LogP contribution in [0.3, 0.4) is 0 Å². The molecule has 4 nitrogen and oxygen atoms in total. The van der Waals surface area contributed by atoms with Crippen molar-refractivity contribution in [2.45, 2.75) is 13.0 Å². The molecular formula is C11H13NO3. The van der Waals surface area contributed by atoms with Gasteiger partial charge in [-0.05, 0) is 17.7 Å². The average molecular weight is 207 g/mol. The largest absolute Gasteiger partial charge is 0.495 e. The first-order chi connectivity index (χ1) is 7.20. The molecule has 0 aliphatic carbocycles. The first-order valence-electron chi connectivity index (χ1n) is 4.78. The van der Waals surface area contributed by atoms with Crippen LogP contribution in [0.4, 0.5) is 5.69 Å². The number of hydrogen-bond acceptors (Lipinski definition) is 3. The molecule has 1 aromatic rings. The summed E-state index contributed by atoms with van der Waals surface area (Å²) in [5, 5.41) is 2.73. The zero-order valence-electron chi connectivity index (χ0n) is 8.74. The lowest BCUT2D eigenvalue weighted by Gasteiger charge is -2.09. The third kappa shape index (κ3) is 2.27. The highest BCUT2D eigenvalue weighted by Gasteiger charge is 2.25. The van der Waals surface area contributed by atoms with Crippen LogP contribution in [0.5, 0.6) is 5.75 Å². The Hall–Kier alpha value is -1.55. The Morgan fingerprint density at radius 1 is 1.60 bits per heavy atom. The van der Waals surface area contributed by atoms with Crippen molar-refractivity contribution in [1.29, 1.82) is 0 Å². The van der Waals surface area contributed by atoms with Crippen molar-refractivity contribution in [1.82, 2.24) is 0 Å². The Morgan fingerprint density at radius 3 is 2.87 bits per heavy atom. The molecule has 1 unspecified atom stereocenters. The second kappa shape index (κ2) is 3.90. The number of amides is 1. The van der Waals surface area contributed by atoms with E-state index in [1.807, 2.05) is 18.2 Å². The molecule has 0 radical (unpaired) electrons. The normalized spacial score (nSPS) is 18.4. The highest BCUT2D eigenvalue weighted by Crippen LogP contribution is 2.34. The number of methoxy groups -OCH3 is 1. The molecule has 0 saturated carbocycles. The Morgan fingerprint density at radius 2 is 2.33 bits per heavy atom. The van der Waals surface area contributed by atoms with Gasteiger partial charge in [-0.15, -0.1) is 0 Å². The van der Waals surface area contributed by atoms with Crippen LogP contribution in [0.25, 0.3) is 0 Å². The second-order valence-corrected chi connectivity index (χ2v) is 3.46. The molecule has 0 aromatic heterocycles. The molecule has 80 valence electrons. The van der Waals surface area contributed by atoms with E-state index in [0.29, 0.717) is 11.4 Å². The van der Waals surface area contributed by atoms with Crippen LogP contribution < -0.4 is 10.1 Å². The number of anilines is 1. The minimum Gasteiger partial charge on any atom is -0.495 e. The molecular weight excluding hydrogens is 194 g/mol. The lowest BCUT2D eigenvalue weighted by atomic mass is 10.1. The van der Waals surface area contributed by atoms with E-state index < -0.39 is 0 Å². The Bertz CT molecular complexity index is 385. The summed E-state index contributed by atoms with van der Waals surface area (Å²) in [7, 11) is 1.58. The topological polar surface area (TPSA) is 50.9 Å². The third-order valence-electron chi connectivity index (χ3n) is 2.24. The van der Waals surface area contributed by atoms with E-state index in [2.05, 4.69) is 5.32 Å². The van der Waals surface area contributed by atoms with Gasteiger partial charge in [0.1, 0.15) is 11.9 Å². The summed E-state index contributed by atoms with van der Waals surface area (Å²) in [6, 6.07) is 5.67. The molecule has 1 saturated heterocycles. The highest BCUT2D eigenvalue weighted by atomic mass is 16.6. The van der Waals surface area contributed by atoms with Crippen LogP contribution in [0.15, 0.2) is 18.2 Å². The molecule has 0 bridgehead atoms. The summed E-state index contributed by atoms with van der Waals surface area (Å²) >= 11 is 0. The molecule has 1 aliphatic rings. The minimum absolute atomic E-state index is 0.109. The summed E-state index contributed by atoms with van der Waals surface area (Å²) in [6.07, 6.45) is 0.184. The van der Waals surface area contributed by atoms with E-state index in [1.165, 1.54) is 6.92 Å². The van der Waals surface area contributed by atoms with Gasteiger partial charge in [-0.25, -0.2) is 0 Å². The van der Waals surface area contributed by atoms with E-state index >= 15 is 0 Å². The van der Waals surface area contributed by atoms with Gasteiger partial charge in [0.05, 0.1) is 19.4 Å². The Balaban J connectivity index is 2.29. The number of nitrogens with one attached hydrogen (secondary N) is 1. The van der Waals surface area contributed by atoms with Gasteiger partial charge in [-0.3, -0.25) is 4.79 Å². The molecule has 1 N–H and O–H groups in total. The number of carbonyl (C=O) groups excluding carboxylic acids is 1. The maximum absolute atomic E-state index is 11.0. The lowest BCUT2D eigenvalue weighted by Crippen LogP contribution is -2.07. The van der Waals surface area contributed by atoms with Gasteiger partial charge in [0.25, 0.3) is 0 Å². The van der Waals surface area contributed by atoms with Crippen LogP contribution in [-0.4, -0.2) is 19.6 Å². The van der Waals surface area contributed by atoms with Crippen molar-refractivity contribution in [2.24, 2.45) is 0 Å². The van der Waals surface area contributed by atoms with Crippen molar-refractivity contribution < 1.29 is 14.3 Å². The summed E-state index contributed by atoms with van der Waals surface area (Å²) in [6.45, 7) is 2.23. The third-order valence-corrected chi connectivity index (χ3v) is 2.24. The van der Waals surface area contributed by atoms with Crippen LogP contribution in [-0.2, 0) is 9.53 Å². The molecule has 1 aliphatic heterocycles. The summed E-state index contributed by atoms with van der Waals surface area (Å²) in [4.78, 5) is 11.0. The Kier molecular flexibility index (Phi) is 2.60. The molecule has 1 fully saturated rings. The molecule has 4 heteroatoms. The molecule has 1 amide bonds. The molecule has 15 heavy (non-hydrogen) atoms. The van der Waals surface area contributed by atoms with E-state index in [0.717, 1.165) is 12.2 Å². The lowest BCUT2D eigenvalue weighted by molar-refractivity contribution is -0.114. The minimum atomic E-state index is -0.109. The maximum atomic E-state index is 11.0. The fourth-order valence-electron chi connectivity index (χ4n) is 1.45. The smallest absolute Gasteiger partial charge is 0.221 e. The molecule has 1 aromatic carbocycles. The quantitative estimate of drug-likeness (QED) is 0.768. The van der Waals surface area contributed by atoms with Crippen LogP contribution >= 0.6 is 0 Å². The van der Waals surface area contributed by atoms with E-state index in [4.69, 9.17) is 9.47 Å². The zero-order chi connectivity index (χ0) is 10.8. The van der Waals surface area contributed by atoms with Crippen LogP contribution in [0.2, 0.25) is 0 Å². The monoisotopic (exact) mass is 207 g/mol. The fourth-order valence-corrected chi connectivity index (χ4v) is 1.45. The predicted octanol–water partition coefficient (Wildman–Crippen LogP) is 1.72. The molecule has 1 heterocycles. The van der Waals surface area contributed by atoms with E-state index in [9.17, 15) is 4.79 Å². The maximum Gasteiger partial charge on any atom is 0.221 e. The predicted molar refractivity (Wildman–Crippen MR) is 56.0 cm³/mol. The van der Waals surface area contributed by atoms with Crippen molar-refractivity contribution >= 4 is 11.6 Å². The van der Waals surface area contributed by atoms with E-state index in [-0.39, 0.29) is 12.0 Å². The number of benzene rings is 1. The van der Waals surface area contributed by atoms with Gasteiger partial charge in [0.15, 0.2) is 0 Å². The average Bonchev–Trinajstić information content (AvgIpc) is 3.00. The molecule has 0 spiro atoms. The molecule has 1 atom stereocenters. The molecule has 2 rings (SSSR count). The number of epoxide rings is 1. The van der Waals surface area contributed by atoms with E-state index in [1.54, 1.807) is 7.11 Å². The van der Waals surface area contributed by atoms with Crippen LogP contribution in [0.1, 0.15) is 18.6 Å². The van der Waals surface area contributed by atoms with Gasteiger partial charge >= 0.3 is 0 Å².